The summed E-state index contributed by atoms with van der Waals surface area (Å²) < 4.78 is 25.3. The van der Waals surface area contributed by atoms with Gasteiger partial charge in [-0.3, -0.25) is 14.6 Å². The molecule has 1 aromatic heterocycles. The van der Waals surface area contributed by atoms with Gasteiger partial charge in [-0.25, -0.2) is 4.39 Å². The van der Waals surface area contributed by atoms with Crippen LogP contribution in [0.4, 0.5) is 4.39 Å². The zero-order chi connectivity index (χ0) is 24.5. The van der Waals surface area contributed by atoms with Gasteiger partial charge in [0.25, 0.3) is 5.91 Å². The van der Waals surface area contributed by atoms with Crippen LogP contribution in [0.15, 0.2) is 67.0 Å². The van der Waals surface area contributed by atoms with E-state index in [-0.39, 0.29) is 30.0 Å². The molecule has 3 rings (SSSR count). The van der Waals surface area contributed by atoms with Crippen LogP contribution < -0.4 is 20.1 Å². The van der Waals surface area contributed by atoms with Gasteiger partial charge in [0.2, 0.25) is 5.91 Å². The number of rotatable bonds is 10. The van der Waals surface area contributed by atoms with E-state index in [4.69, 9.17) is 9.47 Å². The van der Waals surface area contributed by atoms with Crippen LogP contribution in [0.1, 0.15) is 36.7 Å². The Labute approximate surface area is 198 Å². The van der Waals surface area contributed by atoms with Crippen molar-refractivity contribution >= 4 is 11.8 Å². The average molecular weight is 466 g/mol. The van der Waals surface area contributed by atoms with E-state index < -0.39 is 11.9 Å². The normalized spacial score (nSPS) is 11.6. The van der Waals surface area contributed by atoms with Crippen molar-refractivity contribution in [3.05, 3.63) is 83.9 Å². The number of carbonyl (C=O) groups is 2. The second-order valence-electron chi connectivity index (χ2n) is 7.93. The van der Waals surface area contributed by atoms with Crippen LogP contribution in [0.2, 0.25) is 0 Å². The Kier molecular flexibility index (Phi) is 8.56. The van der Waals surface area contributed by atoms with E-state index in [1.54, 1.807) is 48.7 Å². The van der Waals surface area contributed by atoms with E-state index >= 15 is 0 Å². The van der Waals surface area contributed by atoms with Gasteiger partial charge >= 0.3 is 0 Å². The maximum Gasteiger partial charge on any atom is 0.251 e. The van der Waals surface area contributed by atoms with Crippen molar-refractivity contribution in [2.75, 3.05) is 6.61 Å². The van der Waals surface area contributed by atoms with Gasteiger partial charge in [0.15, 0.2) is 11.6 Å². The lowest BCUT2D eigenvalue weighted by Gasteiger charge is -2.22. The van der Waals surface area contributed by atoms with Crippen LogP contribution in [0.3, 0.4) is 0 Å². The number of ether oxygens (including phenoxy) is 2. The molecule has 2 amide bonds. The molecule has 0 aliphatic heterocycles. The smallest absolute Gasteiger partial charge is 0.251 e. The number of pyridine rings is 1. The zero-order valence-electron chi connectivity index (χ0n) is 19.4. The largest absolute Gasteiger partial charge is 0.494 e. The van der Waals surface area contributed by atoms with Gasteiger partial charge in [-0.15, -0.1) is 0 Å². The van der Waals surface area contributed by atoms with E-state index in [2.05, 4.69) is 15.6 Å². The van der Waals surface area contributed by atoms with Crippen LogP contribution >= 0.6 is 0 Å². The average Bonchev–Trinajstić information content (AvgIpc) is 2.83. The molecule has 0 spiro atoms. The predicted molar refractivity (Wildman–Crippen MR) is 126 cm³/mol. The highest BCUT2D eigenvalue weighted by molar-refractivity contribution is 5.97. The molecule has 8 heteroatoms. The van der Waals surface area contributed by atoms with E-state index in [1.165, 1.54) is 18.3 Å². The number of nitrogens with zero attached hydrogens (tertiary/aromatic N) is 1. The fraction of sp³-hybridized carbons (Fsp3) is 0.269. The summed E-state index contributed by atoms with van der Waals surface area (Å²) in [6, 6.07) is 13.8. The summed E-state index contributed by atoms with van der Waals surface area (Å²) in [5, 5.41) is 5.54. The molecule has 2 N–H and O–H groups in total. The van der Waals surface area contributed by atoms with Crippen LogP contribution in [0.25, 0.3) is 0 Å². The van der Waals surface area contributed by atoms with Crippen LogP contribution in [0.5, 0.6) is 17.2 Å². The van der Waals surface area contributed by atoms with Gasteiger partial charge in [-0.05, 0) is 66.9 Å². The second-order valence-corrected chi connectivity index (χ2v) is 7.93. The first-order valence-corrected chi connectivity index (χ1v) is 11.0. The highest BCUT2D eigenvalue weighted by Gasteiger charge is 2.24. The summed E-state index contributed by atoms with van der Waals surface area (Å²) in [6.45, 7) is 6.20. The zero-order valence-corrected chi connectivity index (χ0v) is 19.4. The lowest BCUT2D eigenvalue weighted by Crippen LogP contribution is -2.49. The van der Waals surface area contributed by atoms with Crippen molar-refractivity contribution in [1.29, 1.82) is 0 Å². The van der Waals surface area contributed by atoms with E-state index in [1.807, 2.05) is 20.8 Å². The van der Waals surface area contributed by atoms with Crippen LogP contribution in [-0.4, -0.2) is 29.4 Å². The van der Waals surface area contributed by atoms with Gasteiger partial charge in [-0.2, -0.15) is 0 Å². The van der Waals surface area contributed by atoms with E-state index in [0.717, 1.165) is 0 Å². The summed E-state index contributed by atoms with van der Waals surface area (Å²) in [5.74, 6) is -0.277. The molecule has 0 saturated heterocycles. The molecule has 0 radical (unpaired) electrons. The number of nitrogens with one attached hydrogen (secondary N) is 2. The predicted octanol–water partition coefficient (Wildman–Crippen LogP) is 4.48. The molecule has 0 bridgehead atoms. The molecule has 1 unspecified atom stereocenters. The number of halogens is 1. The molecule has 34 heavy (non-hydrogen) atoms. The number of amides is 2. The van der Waals surface area contributed by atoms with Gasteiger partial charge in [-0.1, -0.05) is 19.9 Å². The van der Waals surface area contributed by atoms with Crippen molar-refractivity contribution in [2.24, 2.45) is 5.92 Å². The first-order chi connectivity index (χ1) is 16.4. The molecule has 3 aromatic rings. The molecule has 1 atom stereocenters. The molecule has 1 heterocycles. The van der Waals surface area contributed by atoms with Gasteiger partial charge in [0.1, 0.15) is 17.5 Å². The topological polar surface area (TPSA) is 89.5 Å². The minimum Gasteiger partial charge on any atom is -0.494 e. The Hall–Kier alpha value is -3.94. The van der Waals surface area contributed by atoms with Crippen molar-refractivity contribution < 1.29 is 23.5 Å². The van der Waals surface area contributed by atoms with Gasteiger partial charge in [0.05, 0.1) is 12.8 Å². The lowest BCUT2D eigenvalue weighted by molar-refractivity contribution is -0.124. The maximum absolute atomic E-state index is 14.5. The summed E-state index contributed by atoms with van der Waals surface area (Å²) >= 11 is 0. The Balaban J connectivity index is 1.59. The molecule has 0 aliphatic rings. The molecule has 0 fully saturated rings. The maximum atomic E-state index is 14.5. The molecular weight excluding hydrogens is 437 g/mol. The van der Waals surface area contributed by atoms with Crippen LogP contribution in [0, 0.1) is 11.7 Å². The second kappa shape index (κ2) is 11.8. The Morgan fingerprint density at radius 2 is 1.82 bits per heavy atom. The first kappa shape index (κ1) is 24.7. The van der Waals surface area contributed by atoms with Gasteiger partial charge in [0, 0.05) is 18.3 Å². The monoisotopic (exact) mass is 465 g/mol. The van der Waals surface area contributed by atoms with Crippen molar-refractivity contribution in [2.45, 2.75) is 33.4 Å². The molecule has 2 aromatic carbocycles. The standard InChI is InChI=1S/C26H28FN3O4/c1-4-33-20-10-8-19(9-11-20)25(31)30-24(17(2)3)26(32)29-15-18-7-12-23(22(27)14-18)34-21-6-5-13-28-16-21/h5-14,16-17,24H,4,15H2,1-3H3,(H,29,32)(H,30,31). The third-order valence-electron chi connectivity index (χ3n) is 4.99. The molecule has 0 aliphatic carbocycles. The third kappa shape index (κ3) is 6.78. The fourth-order valence-corrected chi connectivity index (χ4v) is 3.20. The number of aromatic nitrogens is 1. The van der Waals surface area contributed by atoms with Crippen molar-refractivity contribution in [3.63, 3.8) is 0 Å². The molecule has 7 nitrogen and oxygen atoms in total. The fourth-order valence-electron chi connectivity index (χ4n) is 3.20. The highest BCUT2D eigenvalue weighted by atomic mass is 19.1. The summed E-state index contributed by atoms with van der Waals surface area (Å²) in [7, 11) is 0. The lowest BCUT2D eigenvalue weighted by atomic mass is 10.0. The van der Waals surface area contributed by atoms with E-state index in [0.29, 0.717) is 29.2 Å². The Morgan fingerprint density at radius 1 is 1.06 bits per heavy atom. The Morgan fingerprint density at radius 3 is 2.44 bits per heavy atom. The Bertz CT molecular complexity index is 1100. The highest BCUT2D eigenvalue weighted by Crippen LogP contribution is 2.24. The first-order valence-electron chi connectivity index (χ1n) is 11.0. The van der Waals surface area contributed by atoms with Crippen molar-refractivity contribution in [1.82, 2.24) is 15.6 Å². The summed E-state index contributed by atoms with van der Waals surface area (Å²) in [5.41, 5.74) is 0.984. The number of carbonyl (C=O) groups excluding carboxylic acids is 2. The quantitative estimate of drug-likeness (QED) is 0.461. The number of hydrogen-bond donors (Lipinski definition) is 2. The SMILES string of the molecule is CCOc1ccc(C(=O)NC(C(=O)NCc2ccc(Oc3cccnc3)c(F)c2)C(C)C)cc1. The van der Waals surface area contributed by atoms with Gasteiger partial charge < -0.3 is 20.1 Å². The summed E-state index contributed by atoms with van der Waals surface area (Å²) in [6.07, 6.45) is 3.08. The molecule has 0 saturated carbocycles. The minimum atomic E-state index is -0.753. The van der Waals surface area contributed by atoms with Crippen molar-refractivity contribution in [3.8, 4) is 17.2 Å². The molecular formula is C26H28FN3O4. The molecule has 178 valence electrons. The number of hydrogen-bond acceptors (Lipinski definition) is 5. The minimum absolute atomic E-state index is 0.0609. The summed E-state index contributed by atoms with van der Waals surface area (Å²) in [4.78, 5) is 29.4. The van der Waals surface area contributed by atoms with Crippen LogP contribution in [-0.2, 0) is 11.3 Å². The number of benzene rings is 2. The van der Waals surface area contributed by atoms with E-state index in [9.17, 15) is 14.0 Å². The third-order valence-corrected chi connectivity index (χ3v) is 4.99.